The molecule has 1 amide bonds. The molecule has 4 rings (SSSR count). The summed E-state index contributed by atoms with van der Waals surface area (Å²) in [5.74, 6) is -0.118. The van der Waals surface area contributed by atoms with Crippen LogP contribution in [0, 0.1) is 13.8 Å². The number of hydrogen-bond donors (Lipinski definition) is 1. The summed E-state index contributed by atoms with van der Waals surface area (Å²) in [5.41, 5.74) is 7.01. The molecule has 172 valence electrons. The van der Waals surface area contributed by atoms with Gasteiger partial charge < -0.3 is 9.88 Å². The summed E-state index contributed by atoms with van der Waals surface area (Å²) in [5, 5.41) is 3.73. The number of nitrogens with one attached hydrogen (secondary N) is 1. The Kier molecular flexibility index (Phi) is 6.77. The third-order valence-electron chi connectivity index (χ3n) is 6.38. The Morgan fingerprint density at radius 1 is 1.09 bits per heavy atom. The minimum Gasteiger partial charge on any atom is -0.352 e. The van der Waals surface area contributed by atoms with Crippen LogP contribution in [0.25, 0.3) is 10.9 Å². The highest BCUT2D eigenvalue weighted by Crippen LogP contribution is 2.35. The molecule has 1 N–H and O–H groups in total. The Hall–Kier alpha value is -3.21. The molecule has 0 spiro atoms. The highest BCUT2D eigenvalue weighted by molar-refractivity contribution is 5.87. The highest BCUT2D eigenvalue weighted by Gasteiger charge is 2.24. The van der Waals surface area contributed by atoms with E-state index in [9.17, 15) is 13.6 Å². The van der Waals surface area contributed by atoms with E-state index >= 15 is 0 Å². The maximum atomic E-state index is 14.4. The first-order valence-electron chi connectivity index (χ1n) is 11.4. The largest absolute Gasteiger partial charge is 0.352 e. The van der Waals surface area contributed by atoms with Gasteiger partial charge in [0.1, 0.15) is 0 Å². The molecule has 0 unspecified atom stereocenters. The van der Waals surface area contributed by atoms with Crippen LogP contribution in [0.15, 0.2) is 65.8 Å². The Morgan fingerprint density at radius 2 is 1.88 bits per heavy atom. The molecule has 33 heavy (non-hydrogen) atoms. The first-order chi connectivity index (χ1) is 15.8. The van der Waals surface area contributed by atoms with Gasteiger partial charge in [-0.2, -0.15) is 0 Å². The van der Waals surface area contributed by atoms with Gasteiger partial charge in [0.2, 0.25) is 5.91 Å². The molecule has 0 saturated heterocycles. The molecule has 5 heteroatoms. The van der Waals surface area contributed by atoms with Crippen molar-refractivity contribution in [2.75, 3.05) is 6.54 Å². The molecule has 3 nitrogen and oxygen atoms in total. The molecule has 0 saturated carbocycles. The van der Waals surface area contributed by atoms with E-state index in [-0.39, 0.29) is 24.4 Å². The fraction of sp³-hybridized carbons (Fsp3) is 0.321. The first kappa shape index (κ1) is 23.0. The van der Waals surface area contributed by atoms with E-state index in [1.807, 2.05) is 56.3 Å². The minimum atomic E-state index is -2.63. The normalized spacial score (nSPS) is 13.5. The van der Waals surface area contributed by atoms with E-state index in [0.717, 1.165) is 34.0 Å². The lowest BCUT2D eigenvalue weighted by atomic mass is 10.0. The number of allylic oxidation sites excluding steroid dienone is 3. The zero-order valence-electron chi connectivity index (χ0n) is 19.4. The number of benzene rings is 2. The van der Waals surface area contributed by atoms with E-state index in [1.165, 1.54) is 11.1 Å². The number of aromatic nitrogens is 1. The molecular weight excluding hydrogens is 418 g/mol. The van der Waals surface area contributed by atoms with Crippen LogP contribution in [-0.4, -0.2) is 17.0 Å². The Balaban J connectivity index is 1.59. The molecule has 1 heterocycles. The Bertz CT molecular complexity index is 1250. The van der Waals surface area contributed by atoms with Crippen molar-refractivity contribution < 1.29 is 13.6 Å². The predicted molar refractivity (Wildman–Crippen MR) is 130 cm³/mol. The Morgan fingerprint density at radius 3 is 2.61 bits per heavy atom. The third-order valence-corrected chi connectivity index (χ3v) is 6.38. The molecule has 0 aliphatic heterocycles. The summed E-state index contributed by atoms with van der Waals surface area (Å²) in [7, 11) is 0. The van der Waals surface area contributed by atoms with Gasteiger partial charge in [0, 0.05) is 30.4 Å². The lowest BCUT2D eigenvalue weighted by molar-refractivity contribution is -0.120. The van der Waals surface area contributed by atoms with Crippen molar-refractivity contribution >= 4 is 16.8 Å². The molecule has 0 radical (unpaired) electrons. The SMILES string of the molecule is CC1=CC=C(CNC(=O)CCc2c(C(F)F)n(Cc3cc(C)ccc3C)c3ccccc23)C1. The number of rotatable bonds is 8. The van der Waals surface area contributed by atoms with Crippen molar-refractivity contribution in [2.24, 2.45) is 0 Å². The van der Waals surface area contributed by atoms with Crippen molar-refractivity contribution in [3.05, 3.63) is 93.7 Å². The number of nitrogens with zero attached hydrogens (tertiary/aromatic N) is 1. The van der Waals surface area contributed by atoms with E-state index in [0.29, 0.717) is 18.7 Å². The van der Waals surface area contributed by atoms with Gasteiger partial charge in [0.25, 0.3) is 6.43 Å². The number of fused-ring (bicyclic) bond motifs is 1. The second-order valence-electron chi connectivity index (χ2n) is 8.99. The number of hydrogen-bond acceptors (Lipinski definition) is 1. The van der Waals surface area contributed by atoms with Gasteiger partial charge in [-0.1, -0.05) is 59.7 Å². The average molecular weight is 449 g/mol. The van der Waals surface area contributed by atoms with Gasteiger partial charge in [-0.15, -0.1) is 0 Å². The molecule has 0 atom stereocenters. The zero-order valence-corrected chi connectivity index (χ0v) is 19.4. The van der Waals surface area contributed by atoms with E-state index < -0.39 is 6.43 Å². The quantitative estimate of drug-likeness (QED) is 0.416. The first-order valence-corrected chi connectivity index (χ1v) is 11.4. The topological polar surface area (TPSA) is 34.0 Å². The van der Waals surface area contributed by atoms with Crippen LogP contribution in [0.5, 0.6) is 0 Å². The Labute approximate surface area is 193 Å². The minimum absolute atomic E-state index is 0.0169. The van der Waals surface area contributed by atoms with Crippen molar-refractivity contribution in [1.29, 1.82) is 0 Å². The fourth-order valence-corrected chi connectivity index (χ4v) is 4.61. The van der Waals surface area contributed by atoms with Crippen LogP contribution in [0.1, 0.15) is 54.1 Å². The van der Waals surface area contributed by atoms with Crippen molar-refractivity contribution in [1.82, 2.24) is 9.88 Å². The highest BCUT2D eigenvalue weighted by atomic mass is 19.3. The average Bonchev–Trinajstić information content (AvgIpc) is 3.34. The van der Waals surface area contributed by atoms with Crippen molar-refractivity contribution in [3.63, 3.8) is 0 Å². The summed E-state index contributed by atoms with van der Waals surface area (Å²) in [4.78, 5) is 12.5. The smallest absolute Gasteiger partial charge is 0.278 e. The van der Waals surface area contributed by atoms with Crippen LogP contribution >= 0.6 is 0 Å². The number of carbonyl (C=O) groups excluding carboxylic acids is 1. The lowest BCUT2D eigenvalue weighted by Crippen LogP contribution is -2.25. The molecule has 0 fully saturated rings. The molecule has 0 bridgehead atoms. The standard InChI is InChI=1S/C28H30F2N2O/c1-18-9-11-21(14-18)16-31-26(33)13-12-24-23-6-4-5-7-25(23)32(27(24)28(29)30)17-22-15-19(2)8-10-20(22)3/h4-11,15,28H,12-14,16-17H2,1-3H3,(H,31,33). The second kappa shape index (κ2) is 9.74. The van der Waals surface area contributed by atoms with Crippen LogP contribution in [0.4, 0.5) is 8.78 Å². The van der Waals surface area contributed by atoms with Crippen LogP contribution in [-0.2, 0) is 17.8 Å². The van der Waals surface area contributed by atoms with Crippen LogP contribution in [0.2, 0.25) is 0 Å². The molecule has 1 aromatic heterocycles. The summed E-state index contributed by atoms with van der Waals surface area (Å²) in [6.45, 7) is 6.95. The van der Waals surface area contributed by atoms with Crippen molar-refractivity contribution in [2.45, 2.75) is 53.0 Å². The van der Waals surface area contributed by atoms with Gasteiger partial charge in [0.15, 0.2) is 0 Å². The van der Waals surface area contributed by atoms with Crippen molar-refractivity contribution in [3.8, 4) is 0 Å². The van der Waals surface area contributed by atoms with Crippen LogP contribution in [0.3, 0.4) is 0 Å². The van der Waals surface area contributed by atoms with Gasteiger partial charge >= 0.3 is 0 Å². The van der Waals surface area contributed by atoms with Crippen LogP contribution < -0.4 is 5.32 Å². The van der Waals surface area contributed by atoms with E-state index in [1.54, 1.807) is 4.57 Å². The number of halogens is 2. The van der Waals surface area contributed by atoms with Gasteiger partial charge in [-0.3, -0.25) is 4.79 Å². The van der Waals surface area contributed by atoms with Gasteiger partial charge in [-0.05, 0) is 61.9 Å². The summed E-state index contributed by atoms with van der Waals surface area (Å²) in [6.07, 6.45) is 2.80. The monoisotopic (exact) mass is 448 g/mol. The molecule has 1 aliphatic rings. The third kappa shape index (κ3) is 5.08. The number of carbonyl (C=O) groups is 1. The molecule has 2 aromatic carbocycles. The maximum Gasteiger partial charge on any atom is 0.278 e. The second-order valence-corrected chi connectivity index (χ2v) is 8.99. The zero-order chi connectivity index (χ0) is 23.5. The summed E-state index contributed by atoms with van der Waals surface area (Å²) in [6, 6.07) is 13.6. The number of aryl methyl sites for hydroxylation is 3. The predicted octanol–water partition coefficient (Wildman–Crippen LogP) is 6.57. The number of para-hydroxylation sites is 1. The molecule has 3 aromatic rings. The maximum absolute atomic E-state index is 14.4. The van der Waals surface area contributed by atoms with Gasteiger partial charge in [-0.25, -0.2) is 8.78 Å². The number of amides is 1. The summed E-state index contributed by atoms with van der Waals surface area (Å²) < 4.78 is 30.5. The van der Waals surface area contributed by atoms with E-state index in [2.05, 4.69) is 24.4 Å². The molecule has 1 aliphatic carbocycles. The lowest BCUT2D eigenvalue weighted by Gasteiger charge is -2.14. The van der Waals surface area contributed by atoms with E-state index in [4.69, 9.17) is 0 Å². The molecular formula is C28H30F2N2O. The number of alkyl halides is 2. The summed E-state index contributed by atoms with van der Waals surface area (Å²) >= 11 is 0. The van der Waals surface area contributed by atoms with Gasteiger partial charge in [0.05, 0.1) is 5.69 Å². The fourth-order valence-electron chi connectivity index (χ4n) is 4.61.